The molecule has 1 amide bonds. The lowest BCUT2D eigenvalue weighted by molar-refractivity contribution is -0.119. The topological polar surface area (TPSA) is 67.3 Å². The van der Waals surface area contributed by atoms with Crippen molar-refractivity contribution in [3.63, 3.8) is 0 Å². The van der Waals surface area contributed by atoms with E-state index < -0.39 is 0 Å². The van der Waals surface area contributed by atoms with Crippen molar-refractivity contribution in [2.75, 3.05) is 26.0 Å². The van der Waals surface area contributed by atoms with E-state index in [2.05, 4.69) is 34.0 Å². The molecule has 1 N–H and O–H groups in total. The van der Waals surface area contributed by atoms with Gasteiger partial charge >= 0.3 is 0 Å². The van der Waals surface area contributed by atoms with Crippen LogP contribution in [0.2, 0.25) is 0 Å². The molecule has 1 aliphatic heterocycles. The first kappa shape index (κ1) is 17.2. The van der Waals surface area contributed by atoms with Crippen LogP contribution in [0.15, 0.2) is 17.4 Å². The van der Waals surface area contributed by atoms with Crippen molar-refractivity contribution in [3.05, 3.63) is 18.0 Å². The fourth-order valence-electron chi connectivity index (χ4n) is 2.48. The number of ether oxygens (including phenoxy) is 1. The van der Waals surface area contributed by atoms with Crippen molar-refractivity contribution in [1.82, 2.24) is 20.2 Å². The van der Waals surface area contributed by atoms with E-state index in [1.807, 2.05) is 13.0 Å². The van der Waals surface area contributed by atoms with Crippen LogP contribution in [0.25, 0.3) is 0 Å². The first-order chi connectivity index (χ1) is 10.5. The molecule has 2 rings (SSSR count). The van der Waals surface area contributed by atoms with E-state index in [4.69, 9.17) is 4.74 Å². The average molecular weight is 324 g/mol. The molecule has 1 aromatic rings. The molecule has 2 heterocycles. The molecule has 2 atom stereocenters. The number of hydrogen-bond acceptors (Lipinski definition) is 6. The van der Waals surface area contributed by atoms with Gasteiger partial charge in [-0.05, 0) is 26.8 Å². The minimum atomic E-state index is -0.00670. The molecule has 0 bridgehead atoms. The van der Waals surface area contributed by atoms with Gasteiger partial charge in [-0.3, -0.25) is 9.69 Å². The summed E-state index contributed by atoms with van der Waals surface area (Å²) in [7, 11) is 1.70. The SMILES string of the molecule is CO[C@H]1CN(C(C)C)C[C@@H]1NC(=O)CSc1nccc(C)n1. The van der Waals surface area contributed by atoms with Gasteiger partial charge in [0.1, 0.15) is 0 Å². The van der Waals surface area contributed by atoms with Gasteiger partial charge in [0.2, 0.25) is 5.91 Å². The highest BCUT2D eigenvalue weighted by molar-refractivity contribution is 7.99. The van der Waals surface area contributed by atoms with Crippen molar-refractivity contribution in [3.8, 4) is 0 Å². The molecule has 1 aliphatic rings. The Labute approximate surface area is 136 Å². The Hall–Kier alpha value is -1.18. The van der Waals surface area contributed by atoms with Gasteiger partial charge in [0.05, 0.1) is 17.9 Å². The van der Waals surface area contributed by atoms with Gasteiger partial charge in [-0.1, -0.05) is 11.8 Å². The van der Waals surface area contributed by atoms with Gasteiger partial charge in [0.15, 0.2) is 5.16 Å². The lowest BCUT2D eigenvalue weighted by atomic mass is 10.2. The van der Waals surface area contributed by atoms with Crippen molar-refractivity contribution >= 4 is 17.7 Å². The highest BCUT2D eigenvalue weighted by Gasteiger charge is 2.34. The summed E-state index contributed by atoms with van der Waals surface area (Å²) in [6, 6.07) is 2.33. The van der Waals surface area contributed by atoms with E-state index in [1.54, 1.807) is 13.3 Å². The molecule has 1 saturated heterocycles. The zero-order valence-corrected chi connectivity index (χ0v) is 14.4. The lowest BCUT2D eigenvalue weighted by Crippen LogP contribution is -2.44. The number of carbonyl (C=O) groups is 1. The number of likely N-dealkylation sites (tertiary alicyclic amines) is 1. The largest absolute Gasteiger partial charge is 0.378 e. The Morgan fingerprint density at radius 3 is 2.95 bits per heavy atom. The number of hydrogen-bond donors (Lipinski definition) is 1. The first-order valence-electron chi connectivity index (χ1n) is 7.48. The average Bonchev–Trinajstić information content (AvgIpc) is 2.88. The predicted molar refractivity (Wildman–Crippen MR) is 86.9 cm³/mol. The van der Waals surface area contributed by atoms with E-state index in [-0.39, 0.29) is 18.1 Å². The van der Waals surface area contributed by atoms with E-state index in [0.717, 1.165) is 18.8 Å². The summed E-state index contributed by atoms with van der Waals surface area (Å²) in [5, 5.41) is 3.70. The number of amides is 1. The monoisotopic (exact) mass is 324 g/mol. The third-order valence-electron chi connectivity index (χ3n) is 3.78. The Kier molecular flexibility index (Phi) is 6.16. The van der Waals surface area contributed by atoms with E-state index in [0.29, 0.717) is 17.0 Å². The third kappa shape index (κ3) is 4.66. The molecular formula is C15H24N4O2S. The van der Waals surface area contributed by atoms with Crippen LogP contribution in [0.5, 0.6) is 0 Å². The van der Waals surface area contributed by atoms with Crippen LogP contribution in [-0.4, -0.2) is 64.9 Å². The quantitative estimate of drug-likeness (QED) is 0.624. The molecule has 22 heavy (non-hydrogen) atoms. The maximum Gasteiger partial charge on any atom is 0.230 e. The summed E-state index contributed by atoms with van der Waals surface area (Å²) in [5.74, 6) is 0.311. The van der Waals surface area contributed by atoms with Gasteiger partial charge < -0.3 is 10.1 Å². The zero-order chi connectivity index (χ0) is 16.1. The van der Waals surface area contributed by atoms with E-state index >= 15 is 0 Å². The molecule has 122 valence electrons. The second-order valence-corrected chi connectivity index (χ2v) is 6.71. The van der Waals surface area contributed by atoms with E-state index in [1.165, 1.54) is 11.8 Å². The lowest BCUT2D eigenvalue weighted by Gasteiger charge is -2.19. The normalized spacial score (nSPS) is 22.2. The van der Waals surface area contributed by atoms with Crippen molar-refractivity contribution < 1.29 is 9.53 Å². The van der Waals surface area contributed by atoms with Crippen molar-refractivity contribution in [2.24, 2.45) is 0 Å². The molecule has 0 aromatic carbocycles. The number of aromatic nitrogens is 2. The summed E-state index contributed by atoms with van der Waals surface area (Å²) >= 11 is 1.35. The molecule has 0 radical (unpaired) electrons. The highest BCUT2D eigenvalue weighted by Crippen LogP contribution is 2.17. The van der Waals surface area contributed by atoms with Gasteiger partial charge in [-0.25, -0.2) is 9.97 Å². The molecule has 6 nitrogen and oxygen atoms in total. The molecule has 1 aromatic heterocycles. The summed E-state index contributed by atoms with van der Waals surface area (Å²) in [4.78, 5) is 22.9. The molecule has 0 aliphatic carbocycles. The first-order valence-corrected chi connectivity index (χ1v) is 8.46. The smallest absolute Gasteiger partial charge is 0.230 e. The minimum absolute atomic E-state index is 0.00670. The Bertz CT molecular complexity index is 512. The van der Waals surface area contributed by atoms with Crippen LogP contribution in [0.3, 0.4) is 0 Å². The van der Waals surface area contributed by atoms with Crippen LogP contribution >= 0.6 is 11.8 Å². The fourth-order valence-corrected chi connectivity index (χ4v) is 3.16. The van der Waals surface area contributed by atoms with Crippen LogP contribution in [0, 0.1) is 6.92 Å². The number of carbonyl (C=O) groups excluding carboxylic acids is 1. The molecule has 0 saturated carbocycles. The number of nitrogens with zero attached hydrogens (tertiary/aromatic N) is 3. The van der Waals surface area contributed by atoms with Crippen molar-refractivity contribution in [1.29, 1.82) is 0 Å². The zero-order valence-electron chi connectivity index (χ0n) is 13.6. The van der Waals surface area contributed by atoms with Gasteiger partial charge in [-0.15, -0.1) is 0 Å². The van der Waals surface area contributed by atoms with Crippen LogP contribution in [0.4, 0.5) is 0 Å². The Morgan fingerprint density at radius 1 is 1.55 bits per heavy atom. The number of nitrogens with one attached hydrogen (secondary N) is 1. The van der Waals surface area contributed by atoms with E-state index in [9.17, 15) is 4.79 Å². The number of rotatable bonds is 6. The van der Waals surface area contributed by atoms with Crippen LogP contribution in [-0.2, 0) is 9.53 Å². The molecule has 0 spiro atoms. The molecular weight excluding hydrogens is 300 g/mol. The summed E-state index contributed by atoms with van der Waals surface area (Å²) < 4.78 is 5.50. The predicted octanol–water partition coefficient (Wildman–Crippen LogP) is 1.10. The van der Waals surface area contributed by atoms with Crippen molar-refractivity contribution in [2.45, 2.75) is 44.1 Å². The van der Waals surface area contributed by atoms with Gasteiger partial charge in [0.25, 0.3) is 0 Å². The maximum absolute atomic E-state index is 12.1. The molecule has 7 heteroatoms. The maximum atomic E-state index is 12.1. The summed E-state index contributed by atoms with van der Waals surface area (Å²) in [5.41, 5.74) is 0.903. The molecule has 0 unspecified atom stereocenters. The van der Waals surface area contributed by atoms with Gasteiger partial charge in [0, 0.05) is 38.1 Å². The number of methoxy groups -OCH3 is 1. The second-order valence-electron chi connectivity index (χ2n) is 5.77. The Balaban J connectivity index is 1.83. The molecule has 1 fully saturated rings. The summed E-state index contributed by atoms with van der Waals surface area (Å²) in [6.45, 7) is 7.90. The Morgan fingerprint density at radius 2 is 2.32 bits per heavy atom. The van der Waals surface area contributed by atoms with Gasteiger partial charge in [-0.2, -0.15) is 0 Å². The third-order valence-corrected chi connectivity index (χ3v) is 4.64. The minimum Gasteiger partial charge on any atom is -0.378 e. The fraction of sp³-hybridized carbons (Fsp3) is 0.667. The number of aryl methyl sites for hydroxylation is 1. The number of thioether (sulfide) groups is 1. The highest BCUT2D eigenvalue weighted by atomic mass is 32.2. The van der Waals surface area contributed by atoms with Crippen LogP contribution in [0.1, 0.15) is 19.5 Å². The standard InChI is InChI=1S/C15H24N4O2S/c1-10(2)19-7-12(13(8-19)21-4)18-14(20)9-22-15-16-6-5-11(3)17-15/h5-6,10,12-13H,7-9H2,1-4H3,(H,18,20)/t12-,13-/m0/s1. The van der Waals surface area contributed by atoms with Crippen LogP contribution < -0.4 is 5.32 Å². The summed E-state index contributed by atoms with van der Waals surface area (Å²) in [6.07, 6.45) is 1.76. The second kappa shape index (κ2) is 7.89.